The maximum absolute atomic E-state index is 13.1. The summed E-state index contributed by atoms with van der Waals surface area (Å²) >= 11 is 5.58. The van der Waals surface area contributed by atoms with Crippen LogP contribution < -0.4 is 10.1 Å². The molecule has 0 saturated carbocycles. The minimum absolute atomic E-state index is 0.129. The van der Waals surface area contributed by atoms with Gasteiger partial charge in [-0.3, -0.25) is 0 Å². The van der Waals surface area contributed by atoms with Gasteiger partial charge in [0.1, 0.15) is 17.7 Å². The monoisotopic (exact) mass is 229 g/mol. The summed E-state index contributed by atoms with van der Waals surface area (Å²) in [7, 11) is 0. The summed E-state index contributed by atoms with van der Waals surface area (Å²) in [6, 6.07) is 4.54. The first kappa shape index (κ1) is 10.7. The lowest BCUT2D eigenvalue weighted by atomic mass is 10.1. The Hall–Kier alpha value is -0.800. The van der Waals surface area contributed by atoms with Crippen molar-refractivity contribution in [2.45, 2.75) is 18.9 Å². The lowest BCUT2D eigenvalue weighted by Gasteiger charge is -2.23. The molecule has 15 heavy (non-hydrogen) atoms. The molecule has 1 fully saturated rings. The third-order valence-electron chi connectivity index (χ3n) is 2.45. The molecule has 4 heteroatoms. The summed E-state index contributed by atoms with van der Waals surface area (Å²) in [5.41, 5.74) is 0. The van der Waals surface area contributed by atoms with Crippen LogP contribution in [0.3, 0.4) is 0 Å². The van der Waals surface area contributed by atoms with Gasteiger partial charge in [-0.05, 0) is 31.5 Å². The lowest BCUT2D eigenvalue weighted by molar-refractivity contribution is 0.166. The number of hydrogen-bond donors (Lipinski definition) is 1. The number of ether oxygens (including phenoxy) is 1. The largest absolute Gasteiger partial charge is 0.489 e. The van der Waals surface area contributed by atoms with Crippen LogP contribution in [-0.4, -0.2) is 19.2 Å². The second-order valence-corrected chi connectivity index (χ2v) is 4.07. The van der Waals surface area contributed by atoms with E-state index in [2.05, 4.69) is 5.32 Å². The van der Waals surface area contributed by atoms with Crippen molar-refractivity contribution >= 4 is 11.6 Å². The molecule has 1 unspecified atom stereocenters. The average molecular weight is 230 g/mol. The Bertz CT molecular complexity index is 339. The highest BCUT2D eigenvalue weighted by molar-refractivity contribution is 6.30. The van der Waals surface area contributed by atoms with E-state index in [1.807, 2.05) is 0 Å². The normalized spacial score (nSPS) is 21.3. The van der Waals surface area contributed by atoms with Crippen LogP contribution in [0, 0.1) is 5.82 Å². The van der Waals surface area contributed by atoms with Crippen molar-refractivity contribution in [1.82, 2.24) is 5.32 Å². The van der Waals surface area contributed by atoms with Crippen LogP contribution in [0.15, 0.2) is 18.2 Å². The number of rotatable bonds is 2. The first-order valence-electron chi connectivity index (χ1n) is 5.08. The van der Waals surface area contributed by atoms with Gasteiger partial charge in [0.2, 0.25) is 0 Å². The molecule has 2 nitrogen and oxygen atoms in total. The third-order valence-corrected chi connectivity index (χ3v) is 2.75. The van der Waals surface area contributed by atoms with E-state index in [0.717, 1.165) is 25.9 Å². The van der Waals surface area contributed by atoms with Gasteiger partial charge in [0.15, 0.2) is 0 Å². The summed E-state index contributed by atoms with van der Waals surface area (Å²) in [5, 5.41) is 3.37. The minimum Gasteiger partial charge on any atom is -0.489 e. The van der Waals surface area contributed by atoms with Crippen LogP contribution in [0.2, 0.25) is 5.02 Å². The first-order chi connectivity index (χ1) is 7.25. The molecular weight excluding hydrogens is 217 g/mol. The molecule has 0 amide bonds. The SMILES string of the molecule is Fc1cc(OC2CCCNC2)ccc1Cl. The van der Waals surface area contributed by atoms with Gasteiger partial charge in [-0.25, -0.2) is 4.39 Å². The molecular formula is C11H13ClFNO. The van der Waals surface area contributed by atoms with E-state index in [1.54, 1.807) is 6.07 Å². The van der Waals surface area contributed by atoms with E-state index in [1.165, 1.54) is 12.1 Å². The Kier molecular flexibility index (Phi) is 3.44. The zero-order valence-corrected chi connectivity index (χ0v) is 9.06. The fourth-order valence-corrected chi connectivity index (χ4v) is 1.78. The van der Waals surface area contributed by atoms with Crippen molar-refractivity contribution in [2.75, 3.05) is 13.1 Å². The number of nitrogens with one attached hydrogen (secondary N) is 1. The van der Waals surface area contributed by atoms with Crippen LogP contribution in [0.4, 0.5) is 4.39 Å². The van der Waals surface area contributed by atoms with Crippen molar-refractivity contribution in [3.8, 4) is 5.75 Å². The van der Waals surface area contributed by atoms with Crippen LogP contribution >= 0.6 is 11.6 Å². The quantitative estimate of drug-likeness (QED) is 0.842. The number of hydrogen-bond acceptors (Lipinski definition) is 2. The Morgan fingerprint density at radius 2 is 2.33 bits per heavy atom. The molecule has 0 aliphatic carbocycles. The second kappa shape index (κ2) is 4.81. The van der Waals surface area contributed by atoms with Crippen LogP contribution in [0.25, 0.3) is 0 Å². The third kappa shape index (κ3) is 2.83. The molecule has 1 atom stereocenters. The predicted octanol–water partition coefficient (Wildman–Crippen LogP) is 2.61. The van der Waals surface area contributed by atoms with Crippen molar-refractivity contribution in [3.63, 3.8) is 0 Å². The molecule has 0 bridgehead atoms. The van der Waals surface area contributed by atoms with Crippen molar-refractivity contribution in [2.24, 2.45) is 0 Å². The summed E-state index contributed by atoms with van der Waals surface area (Å²) in [6.45, 7) is 1.86. The summed E-state index contributed by atoms with van der Waals surface area (Å²) in [4.78, 5) is 0. The molecule has 1 aliphatic heterocycles. The molecule has 1 aromatic carbocycles. The Morgan fingerprint density at radius 1 is 1.47 bits per heavy atom. The van der Waals surface area contributed by atoms with Gasteiger partial charge in [0.05, 0.1) is 5.02 Å². The zero-order chi connectivity index (χ0) is 10.7. The Labute approximate surface area is 93.4 Å². The highest BCUT2D eigenvalue weighted by Crippen LogP contribution is 2.22. The molecule has 1 heterocycles. The van der Waals surface area contributed by atoms with Crippen LogP contribution in [0.1, 0.15) is 12.8 Å². The van der Waals surface area contributed by atoms with Gasteiger partial charge < -0.3 is 10.1 Å². The zero-order valence-electron chi connectivity index (χ0n) is 8.30. The number of benzene rings is 1. The smallest absolute Gasteiger partial charge is 0.145 e. The molecule has 0 spiro atoms. The predicted molar refractivity (Wildman–Crippen MR) is 57.9 cm³/mol. The molecule has 1 aromatic rings. The molecule has 0 radical (unpaired) electrons. The summed E-state index contributed by atoms with van der Waals surface area (Å²) in [6.07, 6.45) is 2.25. The molecule has 2 rings (SSSR count). The molecule has 0 aromatic heterocycles. The van der Waals surface area contributed by atoms with Crippen molar-refractivity contribution in [3.05, 3.63) is 29.0 Å². The Morgan fingerprint density at radius 3 is 3.00 bits per heavy atom. The van der Waals surface area contributed by atoms with Gasteiger partial charge in [0, 0.05) is 12.6 Å². The molecule has 1 N–H and O–H groups in total. The van der Waals surface area contributed by atoms with Crippen molar-refractivity contribution in [1.29, 1.82) is 0 Å². The summed E-state index contributed by atoms with van der Waals surface area (Å²) < 4.78 is 18.7. The van der Waals surface area contributed by atoms with Gasteiger partial charge >= 0.3 is 0 Å². The fourth-order valence-electron chi connectivity index (χ4n) is 1.66. The standard InChI is InChI=1S/C11H13ClFNO/c12-10-4-3-8(6-11(10)13)15-9-2-1-5-14-7-9/h3-4,6,9,14H,1-2,5,7H2. The van der Waals surface area contributed by atoms with E-state index in [0.29, 0.717) is 5.75 Å². The maximum atomic E-state index is 13.1. The van der Waals surface area contributed by atoms with E-state index < -0.39 is 5.82 Å². The molecule has 1 aliphatic rings. The fraction of sp³-hybridized carbons (Fsp3) is 0.455. The molecule has 1 saturated heterocycles. The minimum atomic E-state index is -0.432. The summed E-state index contributed by atoms with van der Waals surface area (Å²) in [5.74, 6) is 0.114. The topological polar surface area (TPSA) is 21.3 Å². The van der Waals surface area contributed by atoms with Gasteiger partial charge in [-0.15, -0.1) is 0 Å². The van der Waals surface area contributed by atoms with E-state index in [4.69, 9.17) is 16.3 Å². The van der Waals surface area contributed by atoms with Gasteiger partial charge in [-0.1, -0.05) is 11.6 Å². The lowest BCUT2D eigenvalue weighted by Crippen LogP contribution is -2.37. The number of halogens is 2. The Balaban J connectivity index is 2.00. The van der Waals surface area contributed by atoms with Crippen LogP contribution in [0.5, 0.6) is 5.75 Å². The second-order valence-electron chi connectivity index (χ2n) is 3.66. The highest BCUT2D eigenvalue weighted by atomic mass is 35.5. The maximum Gasteiger partial charge on any atom is 0.145 e. The van der Waals surface area contributed by atoms with Gasteiger partial charge in [0.25, 0.3) is 0 Å². The van der Waals surface area contributed by atoms with Crippen molar-refractivity contribution < 1.29 is 9.13 Å². The van der Waals surface area contributed by atoms with Gasteiger partial charge in [-0.2, -0.15) is 0 Å². The van der Waals surface area contributed by atoms with Crippen LogP contribution in [-0.2, 0) is 0 Å². The molecule has 82 valence electrons. The highest BCUT2D eigenvalue weighted by Gasteiger charge is 2.14. The van der Waals surface area contributed by atoms with E-state index in [-0.39, 0.29) is 11.1 Å². The first-order valence-corrected chi connectivity index (χ1v) is 5.46. The van der Waals surface area contributed by atoms with E-state index >= 15 is 0 Å². The van der Waals surface area contributed by atoms with E-state index in [9.17, 15) is 4.39 Å². The number of piperidine rings is 1. The average Bonchev–Trinajstić information content (AvgIpc) is 2.25.